The van der Waals surface area contributed by atoms with Gasteiger partial charge in [-0.15, -0.1) is 0 Å². The van der Waals surface area contributed by atoms with Crippen LogP contribution in [-0.4, -0.2) is 95.4 Å². The summed E-state index contributed by atoms with van der Waals surface area (Å²) in [6.07, 6.45) is 3.44. The highest BCUT2D eigenvalue weighted by molar-refractivity contribution is 6.04. The molecule has 1 aromatic heterocycles. The molecular formula is C19H30N6O2. The first kappa shape index (κ1) is 19.5. The van der Waals surface area contributed by atoms with Crippen LogP contribution in [0, 0.1) is 5.41 Å². The average molecular weight is 374 g/mol. The molecule has 2 amide bonds. The molecule has 0 bridgehead atoms. The summed E-state index contributed by atoms with van der Waals surface area (Å²) in [4.78, 5) is 42.7. The number of carbonyl (C=O) groups is 2. The fourth-order valence-electron chi connectivity index (χ4n) is 3.71. The number of hydrogen-bond acceptors (Lipinski definition) is 6. The Bertz CT molecular complexity index is 649. The number of nitrogens with zero attached hydrogens (tertiary/aromatic N) is 6. The highest BCUT2D eigenvalue weighted by Gasteiger charge is 2.43. The van der Waals surface area contributed by atoms with Gasteiger partial charge in [-0.1, -0.05) is 6.92 Å². The van der Waals surface area contributed by atoms with E-state index in [4.69, 9.17) is 0 Å². The van der Waals surface area contributed by atoms with Crippen LogP contribution in [0.3, 0.4) is 0 Å². The van der Waals surface area contributed by atoms with Gasteiger partial charge in [-0.05, 0) is 26.5 Å². The molecule has 0 aliphatic carbocycles. The number of anilines is 1. The lowest BCUT2D eigenvalue weighted by Crippen LogP contribution is -2.58. The van der Waals surface area contributed by atoms with Crippen LogP contribution in [0.2, 0.25) is 0 Å². The zero-order chi connectivity index (χ0) is 19.4. The van der Waals surface area contributed by atoms with Gasteiger partial charge in [-0.25, -0.2) is 9.97 Å². The summed E-state index contributed by atoms with van der Waals surface area (Å²) >= 11 is 0. The summed E-state index contributed by atoms with van der Waals surface area (Å²) < 4.78 is 0. The normalized spacial score (nSPS) is 19.3. The number of aromatic nitrogens is 2. The first-order valence-electron chi connectivity index (χ1n) is 9.76. The smallest absolute Gasteiger partial charge is 0.237 e. The van der Waals surface area contributed by atoms with Gasteiger partial charge in [0.05, 0.1) is 0 Å². The molecule has 2 aliphatic heterocycles. The topological polar surface area (TPSA) is 72.9 Å². The van der Waals surface area contributed by atoms with Crippen LogP contribution < -0.4 is 4.90 Å². The van der Waals surface area contributed by atoms with Crippen LogP contribution in [0.4, 0.5) is 5.95 Å². The molecule has 3 heterocycles. The molecule has 2 aliphatic rings. The van der Waals surface area contributed by atoms with Crippen molar-refractivity contribution in [2.75, 3.05) is 63.8 Å². The molecule has 0 spiro atoms. The minimum atomic E-state index is -1.03. The molecule has 0 atom stereocenters. The summed E-state index contributed by atoms with van der Waals surface area (Å²) in [5.74, 6) is 0.546. The molecule has 8 heteroatoms. The Hall–Kier alpha value is -2.22. The first-order valence-corrected chi connectivity index (χ1v) is 9.76. The molecule has 0 aromatic carbocycles. The predicted octanol–water partition coefficient (Wildman–Crippen LogP) is 0.316. The van der Waals surface area contributed by atoms with E-state index in [0.29, 0.717) is 45.2 Å². The maximum absolute atomic E-state index is 13.1. The van der Waals surface area contributed by atoms with E-state index in [2.05, 4.69) is 26.7 Å². The molecule has 3 rings (SSSR count). The van der Waals surface area contributed by atoms with Crippen LogP contribution in [0.15, 0.2) is 18.5 Å². The van der Waals surface area contributed by atoms with Gasteiger partial charge in [-0.3, -0.25) is 9.59 Å². The SMILES string of the molecule is CCN1CCN(C(=O)C(C)(C)C(=O)N2CCN(c3ncccn3)CC2)CC1. The van der Waals surface area contributed by atoms with E-state index in [0.717, 1.165) is 19.6 Å². The van der Waals surface area contributed by atoms with Gasteiger partial charge >= 0.3 is 0 Å². The van der Waals surface area contributed by atoms with Crippen LogP contribution in [0.5, 0.6) is 0 Å². The van der Waals surface area contributed by atoms with Crippen molar-refractivity contribution in [3.05, 3.63) is 18.5 Å². The lowest BCUT2D eigenvalue weighted by molar-refractivity contribution is -0.155. The summed E-state index contributed by atoms with van der Waals surface area (Å²) in [5.41, 5.74) is -1.03. The zero-order valence-electron chi connectivity index (χ0n) is 16.6. The highest BCUT2D eigenvalue weighted by atomic mass is 16.2. The number of hydrogen-bond donors (Lipinski definition) is 0. The summed E-state index contributed by atoms with van der Waals surface area (Å²) in [5, 5.41) is 0. The molecule has 1 aromatic rings. The monoisotopic (exact) mass is 374 g/mol. The molecule has 0 radical (unpaired) electrons. The van der Waals surface area contributed by atoms with Crippen molar-refractivity contribution >= 4 is 17.8 Å². The molecule has 8 nitrogen and oxygen atoms in total. The van der Waals surface area contributed by atoms with Gasteiger partial charge < -0.3 is 19.6 Å². The molecule has 2 fully saturated rings. The maximum Gasteiger partial charge on any atom is 0.237 e. The van der Waals surface area contributed by atoms with Crippen molar-refractivity contribution in [1.82, 2.24) is 24.7 Å². The molecule has 0 saturated carbocycles. The van der Waals surface area contributed by atoms with Crippen LogP contribution in [-0.2, 0) is 9.59 Å². The molecule has 0 unspecified atom stereocenters. The molecule has 27 heavy (non-hydrogen) atoms. The minimum absolute atomic E-state index is 0.0583. The fourth-order valence-corrected chi connectivity index (χ4v) is 3.71. The molecule has 0 N–H and O–H groups in total. The summed E-state index contributed by atoms with van der Waals surface area (Å²) in [6, 6.07) is 1.79. The predicted molar refractivity (Wildman–Crippen MR) is 103 cm³/mol. The number of likely N-dealkylation sites (N-methyl/N-ethyl adjacent to an activating group) is 1. The third-order valence-corrected chi connectivity index (χ3v) is 5.58. The molecule has 2 saturated heterocycles. The Balaban J connectivity index is 1.57. The Labute approximate surface area is 161 Å². The lowest BCUT2D eigenvalue weighted by atomic mass is 9.89. The molecular weight excluding hydrogens is 344 g/mol. The van der Waals surface area contributed by atoms with E-state index in [-0.39, 0.29) is 11.8 Å². The van der Waals surface area contributed by atoms with Gasteiger partial charge in [0.1, 0.15) is 5.41 Å². The second-order valence-electron chi connectivity index (χ2n) is 7.68. The zero-order valence-corrected chi connectivity index (χ0v) is 16.6. The third kappa shape index (κ3) is 4.21. The van der Waals surface area contributed by atoms with Crippen molar-refractivity contribution in [3.63, 3.8) is 0 Å². The van der Waals surface area contributed by atoms with Crippen LogP contribution >= 0.6 is 0 Å². The van der Waals surface area contributed by atoms with Crippen molar-refractivity contribution in [3.8, 4) is 0 Å². The van der Waals surface area contributed by atoms with Gasteiger partial charge in [0, 0.05) is 64.8 Å². The van der Waals surface area contributed by atoms with E-state index in [1.165, 1.54) is 0 Å². The molecule has 148 valence electrons. The lowest BCUT2D eigenvalue weighted by Gasteiger charge is -2.41. The standard InChI is InChI=1S/C19H30N6O2/c1-4-22-8-10-23(11-9-22)16(26)19(2,3)17(27)24-12-14-25(15-13-24)18-20-6-5-7-21-18/h5-7H,4,8-15H2,1-3H3. The quantitative estimate of drug-likeness (QED) is 0.707. The highest BCUT2D eigenvalue weighted by Crippen LogP contribution is 2.24. The summed E-state index contributed by atoms with van der Waals surface area (Å²) in [7, 11) is 0. The Morgan fingerprint density at radius 3 is 1.85 bits per heavy atom. The Morgan fingerprint density at radius 1 is 0.889 bits per heavy atom. The van der Waals surface area contributed by atoms with E-state index < -0.39 is 5.41 Å². The van der Waals surface area contributed by atoms with Crippen molar-refractivity contribution in [2.45, 2.75) is 20.8 Å². The van der Waals surface area contributed by atoms with Crippen molar-refractivity contribution < 1.29 is 9.59 Å². The van der Waals surface area contributed by atoms with E-state index >= 15 is 0 Å². The van der Waals surface area contributed by atoms with Crippen molar-refractivity contribution in [2.24, 2.45) is 5.41 Å². The Morgan fingerprint density at radius 2 is 1.37 bits per heavy atom. The third-order valence-electron chi connectivity index (χ3n) is 5.58. The van der Waals surface area contributed by atoms with Gasteiger partial charge in [0.25, 0.3) is 0 Å². The van der Waals surface area contributed by atoms with Gasteiger partial charge in [0.15, 0.2) is 0 Å². The van der Waals surface area contributed by atoms with E-state index in [1.807, 2.05) is 4.90 Å². The van der Waals surface area contributed by atoms with Crippen LogP contribution in [0.1, 0.15) is 20.8 Å². The van der Waals surface area contributed by atoms with E-state index in [1.54, 1.807) is 37.2 Å². The largest absolute Gasteiger partial charge is 0.339 e. The average Bonchev–Trinajstić information content (AvgIpc) is 2.73. The van der Waals surface area contributed by atoms with Crippen molar-refractivity contribution in [1.29, 1.82) is 0 Å². The second kappa shape index (κ2) is 8.21. The van der Waals surface area contributed by atoms with Crippen LogP contribution in [0.25, 0.3) is 0 Å². The number of piperazine rings is 2. The number of amides is 2. The van der Waals surface area contributed by atoms with E-state index in [9.17, 15) is 9.59 Å². The van der Waals surface area contributed by atoms with Gasteiger partial charge in [-0.2, -0.15) is 0 Å². The fraction of sp³-hybridized carbons (Fsp3) is 0.684. The number of carbonyl (C=O) groups excluding carboxylic acids is 2. The summed E-state index contributed by atoms with van der Waals surface area (Å²) in [6.45, 7) is 12.3. The van der Waals surface area contributed by atoms with Gasteiger partial charge in [0.2, 0.25) is 17.8 Å². The second-order valence-corrected chi connectivity index (χ2v) is 7.68. The maximum atomic E-state index is 13.1. The number of rotatable bonds is 4. The Kier molecular flexibility index (Phi) is 5.94. The first-order chi connectivity index (χ1) is 12.9. The minimum Gasteiger partial charge on any atom is -0.339 e.